The number of carbonyl (C=O) groups excluding carboxylic acids is 1. The Balaban J connectivity index is 2.49. The summed E-state index contributed by atoms with van der Waals surface area (Å²) in [6.45, 7) is 3.62. The molecular formula is C16H29N3O2. The third-order valence-corrected chi connectivity index (χ3v) is 4.38. The van der Waals surface area contributed by atoms with Crippen LogP contribution in [0.2, 0.25) is 0 Å². The zero-order valence-corrected chi connectivity index (χ0v) is 13.6. The van der Waals surface area contributed by atoms with Gasteiger partial charge in [0.05, 0.1) is 25.1 Å². The Labute approximate surface area is 128 Å². The van der Waals surface area contributed by atoms with Crippen LogP contribution in [-0.4, -0.2) is 50.7 Å². The molecule has 0 aromatic carbocycles. The van der Waals surface area contributed by atoms with E-state index in [0.29, 0.717) is 25.6 Å². The number of ether oxygens (including phenoxy) is 1. The van der Waals surface area contributed by atoms with Crippen molar-refractivity contribution in [2.75, 3.05) is 33.9 Å². The Kier molecular flexibility index (Phi) is 8.33. The normalized spacial score (nSPS) is 25.6. The summed E-state index contributed by atoms with van der Waals surface area (Å²) in [5, 5.41) is 12.2. The lowest BCUT2D eigenvalue weighted by atomic mass is 9.76. The van der Waals surface area contributed by atoms with E-state index >= 15 is 0 Å². The first kappa shape index (κ1) is 17.9. The minimum absolute atomic E-state index is 0.00357. The molecule has 0 aromatic heterocycles. The molecule has 0 radical (unpaired) electrons. The van der Waals surface area contributed by atoms with Crippen molar-refractivity contribution in [1.82, 2.24) is 10.2 Å². The molecule has 120 valence electrons. The van der Waals surface area contributed by atoms with Crippen molar-refractivity contribution in [3.8, 4) is 6.07 Å². The SMILES string of the molecule is CCCC1CCC(C#N)C(N(C)CC(=O)NCCOC)C1. The highest BCUT2D eigenvalue weighted by Crippen LogP contribution is 2.33. The van der Waals surface area contributed by atoms with Crippen LogP contribution < -0.4 is 5.32 Å². The molecule has 1 N–H and O–H groups in total. The molecule has 3 unspecified atom stereocenters. The van der Waals surface area contributed by atoms with Crippen LogP contribution in [0.1, 0.15) is 39.0 Å². The fourth-order valence-corrected chi connectivity index (χ4v) is 3.23. The molecule has 0 spiro atoms. The second kappa shape index (κ2) is 9.75. The molecule has 21 heavy (non-hydrogen) atoms. The van der Waals surface area contributed by atoms with Crippen LogP contribution in [-0.2, 0) is 9.53 Å². The summed E-state index contributed by atoms with van der Waals surface area (Å²) < 4.78 is 4.92. The second-order valence-corrected chi connectivity index (χ2v) is 6.03. The summed E-state index contributed by atoms with van der Waals surface area (Å²) in [7, 11) is 3.57. The topological polar surface area (TPSA) is 65.4 Å². The fourth-order valence-electron chi connectivity index (χ4n) is 3.23. The van der Waals surface area contributed by atoms with Gasteiger partial charge >= 0.3 is 0 Å². The number of carbonyl (C=O) groups is 1. The molecule has 1 fully saturated rings. The van der Waals surface area contributed by atoms with Gasteiger partial charge in [0.2, 0.25) is 5.91 Å². The van der Waals surface area contributed by atoms with Crippen molar-refractivity contribution in [3.63, 3.8) is 0 Å². The van der Waals surface area contributed by atoms with E-state index in [9.17, 15) is 10.1 Å². The quantitative estimate of drug-likeness (QED) is 0.693. The minimum Gasteiger partial charge on any atom is -0.383 e. The fraction of sp³-hybridized carbons (Fsp3) is 0.875. The van der Waals surface area contributed by atoms with Gasteiger partial charge in [-0.05, 0) is 32.2 Å². The van der Waals surface area contributed by atoms with Crippen molar-refractivity contribution in [2.45, 2.75) is 45.1 Å². The molecule has 1 aliphatic carbocycles. The summed E-state index contributed by atoms with van der Waals surface area (Å²) >= 11 is 0. The third kappa shape index (κ3) is 6.03. The highest BCUT2D eigenvalue weighted by atomic mass is 16.5. The van der Waals surface area contributed by atoms with Gasteiger partial charge in [0, 0.05) is 19.7 Å². The van der Waals surface area contributed by atoms with Crippen molar-refractivity contribution in [2.24, 2.45) is 11.8 Å². The molecule has 5 nitrogen and oxygen atoms in total. The number of rotatable bonds is 8. The van der Waals surface area contributed by atoms with Crippen molar-refractivity contribution in [3.05, 3.63) is 0 Å². The van der Waals surface area contributed by atoms with Gasteiger partial charge in [-0.15, -0.1) is 0 Å². The molecule has 1 aliphatic rings. The Morgan fingerprint density at radius 3 is 2.86 bits per heavy atom. The number of hydrogen-bond donors (Lipinski definition) is 1. The third-order valence-electron chi connectivity index (χ3n) is 4.38. The van der Waals surface area contributed by atoms with Crippen molar-refractivity contribution in [1.29, 1.82) is 5.26 Å². The van der Waals surface area contributed by atoms with Gasteiger partial charge in [0.25, 0.3) is 0 Å². The van der Waals surface area contributed by atoms with Crippen LogP contribution in [0, 0.1) is 23.2 Å². The van der Waals surface area contributed by atoms with E-state index in [2.05, 4.69) is 23.2 Å². The highest BCUT2D eigenvalue weighted by Gasteiger charge is 2.33. The summed E-state index contributed by atoms with van der Waals surface area (Å²) in [5.74, 6) is 0.752. The summed E-state index contributed by atoms with van der Waals surface area (Å²) in [5.41, 5.74) is 0. The van der Waals surface area contributed by atoms with E-state index < -0.39 is 0 Å². The zero-order valence-electron chi connectivity index (χ0n) is 13.6. The van der Waals surface area contributed by atoms with E-state index in [1.807, 2.05) is 7.05 Å². The monoisotopic (exact) mass is 295 g/mol. The second-order valence-electron chi connectivity index (χ2n) is 6.03. The van der Waals surface area contributed by atoms with E-state index in [-0.39, 0.29) is 17.9 Å². The number of amides is 1. The van der Waals surface area contributed by atoms with E-state index in [1.54, 1.807) is 7.11 Å². The maximum Gasteiger partial charge on any atom is 0.234 e. The van der Waals surface area contributed by atoms with Gasteiger partial charge in [-0.1, -0.05) is 19.8 Å². The highest BCUT2D eigenvalue weighted by molar-refractivity contribution is 5.78. The average Bonchev–Trinajstić information content (AvgIpc) is 2.47. The number of hydrogen-bond acceptors (Lipinski definition) is 4. The van der Waals surface area contributed by atoms with Crippen molar-refractivity contribution < 1.29 is 9.53 Å². The lowest BCUT2D eigenvalue weighted by Gasteiger charge is -2.38. The average molecular weight is 295 g/mol. The van der Waals surface area contributed by atoms with Crippen LogP contribution in [0.25, 0.3) is 0 Å². The smallest absolute Gasteiger partial charge is 0.234 e. The van der Waals surface area contributed by atoms with E-state index in [1.165, 1.54) is 12.8 Å². The molecular weight excluding hydrogens is 266 g/mol. The first-order valence-electron chi connectivity index (χ1n) is 7.97. The Bertz CT molecular complexity index is 354. The molecule has 0 saturated heterocycles. The minimum atomic E-state index is 0.00357. The molecule has 0 bridgehead atoms. The number of nitriles is 1. The van der Waals surface area contributed by atoms with Gasteiger partial charge in [0.1, 0.15) is 0 Å². The summed E-state index contributed by atoms with van der Waals surface area (Å²) in [4.78, 5) is 13.9. The van der Waals surface area contributed by atoms with Gasteiger partial charge in [-0.3, -0.25) is 9.69 Å². The van der Waals surface area contributed by atoms with Crippen LogP contribution in [0.5, 0.6) is 0 Å². The maximum atomic E-state index is 11.9. The zero-order chi connectivity index (χ0) is 15.7. The number of methoxy groups -OCH3 is 1. The van der Waals surface area contributed by atoms with Crippen LogP contribution in [0.15, 0.2) is 0 Å². The van der Waals surface area contributed by atoms with Gasteiger partial charge in [0.15, 0.2) is 0 Å². The van der Waals surface area contributed by atoms with Crippen LogP contribution >= 0.6 is 0 Å². The molecule has 1 rings (SSSR count). The predicted molar refractivity (Wildman–Crippen MR) is 82.7 cm³/mol. The van der Waals surface area contributed by atoms with Gasteiger partial charge in [-0.25, -0.2) is 0 Å². The largest absolute Gasteiger partial charge is 0.383 e. The number of likely N-dealkylation sites (N-methyl/N-ethyl adjacent to an activating group) is 1. The lowest BCUT2D eigenvalue weighted by Crippen LogP contribution is -2.46. The first-order valence-corrected chi connectivity index (χ1v) is 7.97. The lowest BCUT2D eigenvalue weighted by molar-refractivity contribution is -0.123. The molecule has 0 heterocycles. The molecule has 3 atom stereocenters. The summed E-state index contributed by atoms with van der Waals surface area (Å²) in [6.07, 6.45) is 5.56. The Morgan fingerprint density at radius 2 is 2.24 bits per heavy atom. The Morgan fingerprint density at radius 1 is 1.48 bits per heavy atom. The molecule has 0 aromatic rings. The predicted octanol–water partition coefficient (Wildman–Crippen LogP) is 1.79. The van der Waals surface area contributed by atoms with Gasteiger partial charge < -0.3 is 10.1 Å². The standard InChI is InChI=1S/C16H29N3O2/c1-4-5-13-6-7-14(11-17)15(10-13)19(2)12-16(20)18-8-9-21-3/h13-15H,4-10,12H2,1-3H3,(H,18,20). The molecule has 1 amide bonds. The molecule has 5 heteroatoms. The van der Waals surface area contributed by atoms with E-state index in [4.69, 9.17) is 4.74 Å². The number of nitrogens with one attached hydrogen (secondary N) is 1. The maximum absolute atomic E-state index is 11.9. The number of nitrogens with zero attached hydrogens (tertiary/aromatic N) is 2. The van der Waals surface area contributed by atoms with Crippen LogP contribution in [0.3, 0.4) is 0 Å². The van der Waals surface area contributed by atoms with Gasteiger partial charge in [-0.2, -0.15) is 5.26 Å². The van der Waals surface area contributed by atoms with Crippen LogP contribution in [0.4, 0.5) is 0 Å². The molecule has 1 saturated carbocycles. The molecule has 0 aliphatic heterocycles. The first-order chi connectivity index (χ1) is 10.1. The summed E-state index contributed by atoms with van der Waals surface area (Å²) in [6, 6.07) is 2.63. The Hall–Kier alpha value is -1.12. The van der Waals surface area contributed by atoms with E-state index in [0.717, 1.165) is 19.3 Å². The van der Waals surface area contributed by atoms with Crippen molar-refractivity contribution >= 4 is 5.91 Å².